The van der Waals surface area contributed by atoms with E-state index in [9.17, 15) is 13.2 Å². The molecule has 0 unspecified atom stereocenters. The minimum atomic E-state index is -3.67. The average molecular weight is 423 g/mol. The molecular weight excluding hydrogens is 402 g/mol. The first kappa shape index (κ1) is 20.1. The Morgan fingerprint density at radius 3 is 2.50 bits per heavy atom. The van der Waals surface area contributed by atoms with Crippen molar-refractivity contribution in [3.8, 4) is 0 Å². The quantitative estimate of drug-likeness (QED) is 0.467. The molecule has 2 heterocycles. The maximum absolute atomic E-state index is 12.7. The molecule has 0 amide bonds. The van der Waals surface area contributed by atoms with Crippen molar-refractivity contribution in [2.75, 3.05) is 14.1 Å². The van der Waals surface area contributed by atoms with Gasteiger partial charge in [-0.1, -0.05) is 35.9 Å². The van der Waals surface area contributed by atoms with E-state index in [4.69, 9.17) is 4.74 Å². The van der Waals surface area contributed by atoms with Gasteiger partial charge in [-0.25, -0.2) is 13.8 Å². The second kappa shape index (κ2) is 7.55. The van der Waals surface area contributed by atoms with Crippen molar-refractivity contribution in [3.05, 3.63) is 83.2 Å². The third kappa shape index (κ3) is 3.55. The largest absolute Gasteiger partial charge is 0.402 e. The summed E-state index contributed by atoms with van der Waals surface area (Å²) in [4.78, 5) is 16.6. The number of aromatic nitrogens is 1. The average Bonchev–Trinajstić information content (AvgIpc) is 3.28. The van der Waals surface area contributed by atoms with Crippen molar-refractivity contribution >= 4 is 33.0 Å². The SMILES string of the molecule is Cc1ccc(C2=N/C(=C\Cc3cn(S(=O)(=O)N(C)C)c4ccccc34)C(=O)O2)cc1. The van der Waals surface area contributed by atoms with Crippen LogP contribution in [0, 0.1) is 6.92 Å². The van der Waals surface area contributed by atoms with E-state index in [-0.39, 0.29) is 11.6 Å². The van der Waals surface area contributed by atoms with Crippen LogP contribution in [0.3, 0.4) is 0 Å². The second-order valence-electron chi connectivity index (χ2n) is 7.22. The number of fused-ring (bicyclic) bond motifs is 1. The summed E-state index contributed by atoms with van der Waals surface area (Å²) >= 11 is 0. The molecule has 0 radical (unpaired) electrons. The van der Waals surface area contributed by atoms with Gasteiger partial charge in [-0.2, -0.15) is 12.7 Å². The van der Waals surface area contributed by atoms with Crippen LogP contribution in [-0.4, -0.2) is 42.7 Å². The second-order valence-corrected chi connectivity index (χ2v) is 9.24. The highest BCUT2D eigenvalue weighted by molar-refractivity contribution is 7.87. The highest BCUT2D eigenvalue weighted by Gasteiger charge is 2.25. The predicted molar refractivity (Wildman–Crippen MR) is 116 cm³/mol. The number of cyclic esters (lactones) is 1. The number of benzene rings is 2. The number of para-hydroxylation sites is 1. The minimum absolute atomic E-state index is 0.206. The molecular formula is C22H21N3O4S. The van der Waals surface area contributed by atoms with Gasteiger partial charge >= 0.3 is 16.2 Å². The molecule has 0 fully saturated rings. The van der Waals surface area contributed by atoms with Crippen LogP contribution in [-0.2, 0) is 26.2 Å². The summed E-state index contributed by atoms with van der Waals surface area (Å²) in [5.41, 5.74) is 3.39. The molecule has 0 N–H and O–H groups in total. The highest BCUT2D eigenvalue weighted by Crippen LogP contribution is 2.25. The van der Waals surface area contributed by atoms with Crippen LogP contribution in [0.1, 0.15) is 16.7 Å². The summed E-state index contributed by atoms with van der Waals surface area (Å²) < 4.78 is 33.1. The molecule has 0 bridgehead atoms. The fraction of sp³-hybridized carbons (Fsp3) is 0.182. The van der Waals surface area contributed by atoms with Gasteiger partial charge in [0, 0.05) is 31.2 Å². The van der Waals surface area contributed by atoms with Crippen molar-refractivity contribution in [2.24, 2.45) is 4.99 Å². The van der Waals surface area contributed by atoms with Gasteiger partial charge in [0.05, 0.1) is 5.52 Å². The van der Waals surface area contributed by atoms with Crippen molar-refractivity contribution < 1.29 is 17.9 Å². The number of carbonyl (C=O) groups excluding carboxylic acids is 1. The Balaban J connectivity index is 1.69. The first-order valence-corrected chi connectivity index (χ1v) is 10.8. The molecule has 4 rings (SSSR count). The molecule has 0 aliphatic carbocycles. The number of carbonyl (C=O) groups is 1. The topological polar surface area (TPSA) is 81.0 Å². The third-order valence-electron chi connectivity index (χ3n) is 4.90. The van der Waals surface area contributed by atoms with Crippen molar-refractivity contribution in [1.29, 1.82) is 0 Å². The normalized spacial score (nSPS) is 15.8. The number of rotatable bonds is 5. The number of hydrogen-bond donors (Lipinski definition) is 0. The summed E-state index contributed by atoms with van der Waals surface area (Å²) in [6, 6.07) is 14.8. The van der Waals surface area contributed by atoms with Crippen LogP contribution in [0.15, 0.2) is 71.5 Å². The summed E-state index contributed by atoms with van der Waals surface area (Å²) in [6.07, 6.45) is 3.59. The summed E-state index contributed by atoms with van der Waals surface area (Å²) in [5, 5.41) is 0.800. The van der Waals surface area contributed by atoms with Gasteiger partial charge in [0.25, 0.3) is 0 Å². The van der Waals surface area contributed by atoms with Crippen molar-refractivity contribution in [1.82, 2.24) is 8.28 Å². The van der Waals surface area contributed by atoms with Gasteiger partial charge in [-0.15, -0.1) is 0 Å². The Morgan fingerprint density at radius 2 is 1.80 bits per heavy atom. The third-order valence-corrected chi connectivity index (χ3v) is 6.63. The molecule has 1 aliphatic heterocycles. The number of aliphatic imine (C=N–C) groups is 1. The van der Waals surface area contributed by atoms with Gasteiger partial charge in [-0.05, 0) is 43.2 Å². The Labute approximate surface area is 175 Å². The van der Waals surface area contributed by atoms with E-state index in [0.29, 0.717) is 11.9 Å². The lowest BCUT2D eigenvalue weighted by molar-refractivity contribution is -0.130. The fourth-order valence-corrected chi connectivity index (χ4v) is 4.24. The molecule has 0 spiro atoms. The van der Waals surface area contributed by atoms with E-state index < -0.39 is 16.2 Å². The first-order chi connectivity index (χ1) is 14.3. The number of ether oxygens (including phenoxy) is 1. The molecule has 7 nitrogen and oxygen atoms in total. The van der Waals surface area contributed by atoms with Crippen molar-refractivity contribution in [2.45, 2.75) is 13.3 Å². The van der Waals surface area contributed by atoms with Crippen LogP contribution >= 0.6 is 0 Å². The molecule has 1 aliphatic rings. The monoisotopic (exact) mass is 423 g/mol. The first-order valence-electron chi connectivity index (χ1n) is 9.37. The molecule has 0 saturated carbocycles. The zero-order valence-electron chi connectivity index (χ0n) is 16.9. The molecule has 1 aromatic heterocycles. The number of hydrogen-bond acceptors (Lipinski definition) is 5. The van der Waals surface area contributed by atoms with Crippen LogP contribution in [0.4, 0.5) is 0 Å². The maximum Gasteiger partial charge on any atom is 0.363 e. The molecule has 30 heavy (non-hydrogen) atoms. The zero-order valence-corrected chi connectivity index (χ0v) is 17.7. The standard InChI is InChI=1S/C22H21N3O4S/c1-15-8-10-16(11-9-15)21-23-19(22(26)29-21)13-12-17-14-25(30(27,28)24(2)3)20-7-5-4-6-18(17)20/h4-11,13-14H,12H2,1-3H3/b19-13-. The maximum atomic E-state index is 12.7. The Kier molecular flexibility index (Phi) is 5.05. The molecule has 2 aromatic carbocycles. The summed E-state index contributed by atoms with van der Waals surface area (Å²) in [7, 11) is -0.694. The highest BCUT2D eigenvalue weighted by atomic mass is 32.2. The van der Waals surface area contributed by atoms with Crippen LogP contribution in [0.25, 0.3) is 10.9 Å². The van der Waals surface area contributed by atoms with Crippen LogP contribution < -0.4 is 0 Å². The minimum Gasteiger partial charge on any atom is -0.402 e. The van der Waals surface area contributed by atoms with Gasteiger partial charge in [0.1, 0.15) is 5.70 Å². The van der Waals surface area contributed by atoms with E-state index in [1.165, 1.54) is 18.1 Å². The number of esters is 1. The molecule has 0 atom stereocenters. The van der Waals surface area contributed by atoms with E-state index in [1.54, 1.807) is 24.4 Å². The van der Waals surface area contributed by atoms with E-state index in [0.717, 1.165) is 26.4 Å². The van der Waals surface area contributed by atoms with Crippen molar-refractivity contribution in [3.63, 3.8) is 0 Å². The number of nitrogens with zero attached hydrogens (tertiary/aromatic N) is 3. The van der Waals surface area contributed by atoms with E-state index >= 15 is 0 Å². The number of allylic oxidation sites excluding steroid dienone is 1. The fourth-order valence-electron chi connectivity index (χ4n) is 3.22. The van der Waals surface area contributed by atoms with E-state index in [1.807, 2.05) is 43.3 Å². The van der Waals surface area contributed by atoms with E-state index in [2.05, 4.69) is 4.99 Å². The Morgan fingerprint density at radius 1 is 1.10 bits per heavy atom. The lowest BCUT2D eigenvalue weighted by Crippen LogP contribution is -2.28. The predicted octanol–water partition coefficient (Wildman–Crippen LogP) is 3.03. The lowest BCUT2D eigenvalue weighted by atomic mass is 10.1. The number of aryl methyl sites for hydroxylation is 1. The Bertz CT molecular complexity index is 1300. The molecule has 154 valence electrons. The van der Waals surface area contributed by atoms with Gasteiger partial charge in [-0.3, -0.25) is 0 Å². The van der Waals surface area contributed by atoms with Crippen LogP contribution in [0.2, 0.25) is 0 Å². The Hall–Kier alpha value is -3.23. The lowest BCUT2D eigenvalue weighted by Gasteiger charge is -2.13. The zero-order chi connectivity index (χ0) is 21.5. The summed E-state index contributed by atoms with van der Waals surface area (Å²) in [6.45, 7) is 1.98. The van der Waals surface area contributed by atoms with Crippen LogP contribution in [0.5, 0.6) is 0 Å². The molecule has 8 heteroatoms. The summed E-state index contributed by atoms with van der Waals surface area (Å²) in [5.74, 6) is -0.251. The van der Waals surface area contributed by atoms with Gasteiger partial charge < -0.3 is 4.74 Å². The molecule has 3 aromatic rings. The van der Waals surface area contributed by atoms with Gasteiger partial charge in [0.15, 0.2) is 0 Å². The van der Waals surface area contributed by atoms with Gasteiger partial charge in [0.2, 0.25) is 5.90 Å². The molecule has 0 saturated heterocycles. The smallest absolute Gasteiger partial charge is 0.363 e.